The van der Waals surface area contributed by atoms with E-state index in [1.807, 2.05) is 0 Å². The van der Waals surface area contributed by atoms with Gasteiger partial charge in [0.2, 0.25) is 0 Å². The van der Waals surface area contributed by atoms with Crippen molar-refractivity contribution >= 4 is 11.9 Å². The summed E-state index contributed by atoms with van der Waals surface area (Å²) in [7, 11) is 0. The number of benzene rings is 1. The Morgan fingerprint density at radius 3 is 1.92 bits per heavy atom. The SMILES string of the molecule is CCOC(=O)c1ccccc1C(=O)OCCC12CC3CC(CC(C3)C1)C2. The lowest BCUT2D eigenvalue weighted by molar-refractivity contribution is -0.0653. The summed E-state index contributed by atoms with van der Waals surface area (Å²) in [5, 5.41) is 0. The van der Waals surface area contributed by atoms with Crippen LogP contribution in [0.15, 0.2) is 24.3 Å². The molecule has 0 saturated heterocycles. The Kier molecular flexibility index (Phi) is 4.76. The number of esters is 2. The van der Waals surface area contributed by atoms with Crippen LogP contribution in [0, 0.1) is 23.2 Å². The molecular weight excluding hydrogens is 328 g/mol. The van der Waals surface area contributed by atoms with Crippen LogP contribution in [0.25, 0.3) is 0 Å². The second-order valence-electron chi connectivity index (χ2n) is 8.57. The Hall–Kier alpha value is -1.84. The maximum absolute atomic E-state index is 12.5. The molecule has 0 spiro atoms. The molecule has 1 aromatic rings. The number of carbonyl (C=O) groups excluding carboxylic acids is 2. The van der Waals surface area contributed by atoms with Crippen molar-refractivity contribution in [1.82, 2.24) is 0 Å². The fraction of sp³-hybridized carbons (Fsp3) is 0.636. The van der Waals surface area contributed by atoms with Crippen molar-refractivity contribution in [3.63, 3.8) is 0 Å². The average Bonchev–Trinajstić information content (AvgIpc) is 2.60. The molecule has 4 bridgehead atoms. The van der Waals surface area contributed by atoms with Crippen molar-refractivity contribution in [2.45, 2.75) is 51.9 Å². The van der Waals surface area contributed by atoms with Gasteiger partial charge in [0.1, 0.15) is 0 Å². The van der Waals surface area contributed by atoms with Crippen LogP contribution in [-0.4, -0.2) is 25.2 Å². The highest BCUT2D eigenvalue weighted by Gasteiger charge is 2.50. The number of rotatable bonds is 6. The molecule has 4 fully saturated rings. The topological polar surface area (TPSA) is 52.6 Å². The van der Waals surface area contributed by atoms with Crippen LogP contribution in [-0.2, 0) is 9.47 Å². The van der Waals surface area contributed by atoms with Crippen molar-refractivity contribution in [2.75, 3.05) is 13.2 Å². The van der Waals surface area contributed by atoms with Crippen molar-refractivity contribution in [3.05, 3.63) is 35.4 Å². The van der Waals surface area contributed by atoms with Gasteiger partial charge in [0.05, 0.1) is 24.3 Å². The first-order valence-electron chi connectivity index (χ1n) is 10.0. The minimum Gasteiger partial charge on any atom is -0.462 e. The number of carbonyl (C=O) groups is 2. The number of ether oxygens (including phenoxy) is 2. The average molecular weight is 356 g/mol. The molecule has 0 atom stereocenters. The molecule has 1 aromatic carbocycles. The largest absolute Gasteiger partial charge is 0.462 e. The fourth-order valence-electron chi connectivity index (χ4n) is 6.08. The number of hydrogen-bond acceptors (Lipinski definition) is 4. The summed E-state index contributed by atoms with van der Waals surface area (Å²) >= 11 is 0. The van der Waals surface area contributed by atoms with Crippen molar-refractivity contribution in [1.29, 1.82) is 0 Å². The van der Waals surface area contributed by atoms with E-state index in [1.54, 1.807) is 31.2 Å². The molecule has 26 heavy (non-hydrogen) atoms. The smallest absolute Gasteiger partial charge is 0.339 e. The zero-order valence-electron chi connectivity index (χ0n) is 15.5. The second-order valence-corrected chi connectivity index (χ2v) is 8.57. The van der Waals surface area contributed by atoms with Gasteiger partial charge >= 0.3 is 11.9 Å². The molecule has 4 heteroatoms. The molecule has 4 saturated carbocycles. The van der Waals surface area contributed by atoms with Crippen LogP contribution in [0.4, 0.5) is 0 Å². The van der Waals surface area contributed by atoms with Crippen LogP contribution < -0.4 is 0 Å². The van der Waals surface area contributed by atoms with Crippen LogP contribution in [0.5, 0.6) is 0 Å². The number of hydrogen-bond donors (Lipinski definition) is 0. The highest BCUT2D eigenvalue weighted by molar-refractivity contribution is 6.03. The molecule has 4 aliphatic carbocycles. The van der Waals surface area contributed by atoms with E-state index >= 15 is 0 Å². The molecule has 0 radical (unpaired) electrons. The molecule has 0 heterocycles. The maximum Gasteiger partial charge on any atom is 0.339 e. The van der Waals surface area contributed by atoms with Gasteiger partial charge in [-0.3, -0.25) is 0 Å². The van der Waals surface area contributed by atoms with Crippen molar-refractivity contribution in [2.24, 2.45) is 23.2 Å². The summed E-state index contributed by atoms with van der Waals surface area (Å²) in [6.45, 7) is 2.49. The Morgan fingerprint density at radius 2 is 1.42 bits per heavy atom. The third kappa shape index (κ3) is 3.38. The molecule has 0 amide bonds. The molecule has 5 rings (SSSR count). The molecular formula is C22H28O4. The first kappa shape index (κ1) is 17.6. The van der Waals surface area contributed by atoms with Crippen LogP contribution >= 0.6 is 0 Å². The van der Waals surface area contributed by atoms with E-state index in [9.17, 15) is 9.59 Å². The Labute approximate surface area is 155 Å². The highest BCUT2D eigenvalue weighted by atomic mass is 16.5. The van der Waals surface area contributed by atoms with E-state index in [2.05, 4.69) is 0 Å². The van der Waals surface area contributed by atoms with Gasteiger partial charge in [-0.2, -0.15) is 0 Å². The van der Waals surface area contributed by atoms with Gasteiger partial charge in [-0.1, -0.05) is 12.1 Å². The summed E-state index contributed by atoms with van der Waals surface area (Å²) < 4.78 is 10.6. The quantitative estimate of drug-likeness (QED) is 0.698. The summed E-state index contributed by atoms with van der Waals surface area (Å²) in [6.07, 6.45) is 9.18. The Balaban J connectivity index is 1.37. The third-order valence-electron chi connectivity index (χ3n) is 6.67. The molecule has 4 aliphatic rings. The lowest BCUT2D eigenvalue weighted by atomic mass is 9.49. The Morgan fingerprint density at radius 1 is 0.923 bits per heavy atom. The van der Waals surface area contributed by atoms with Gasteiger partial charge in [-0.25, -0.2) is 9.59 Å². The zero-order chi connectivity index (χ0) is 18.1. The lowest BCUT2D eigenvalue weighted by Gasteiger charge is -2.57. The monoisotopic (exact) mass is 356 g/mol. The third-order valence-corrected chi connectivity index (χ3v) is 6.67. The summed E-state index contributed by atoms with van der Waals surface area (Å²) in [6, 6.07) is 6.74. The maximum atomic E-state index is 12.5. The molecule has 0 N–H and O–H groups in total. The molecule has 0 aliphatic heterocycles. The van der Waals surface area contributed by atoms with E-state index in [1.165, 1.54) is 38.5 Å². The summed E-state index contributed by atoms with van der Waals surface area (Å²) in [5.74, 6) is 1.82. The van der Waals surface area contributed by atoms with Gasteiger partial charge < -0.3 is 9.47 Å². The first-order valence-corrected chi connectivity index (χ1v) is 10.0. The van der Waals surface area contributed by atoms with E-state index in [0.29, 0.717) is 17.6 Å². The second kappa shape index (κ2) is 7.05. The molecule has 0 unspecified atom stereocenters. The first-order chi connectivity index (χ1) is 12.6. The van der Waals surface area contributed by atoms with Crippen LogP contribution in [0.3, 0.4) is 0 Å². The zero-order valence-corrected chi connectivity index (χ0v) is 15.5. The summed E-state index contributed by atoms with van der Waals surface area (Å²) in [4.78, 5) is 24.6. The van der Waals surface area contributed by atoms with Gasteiger partial charge in [-0.15, -0.1) is 0 Å². The predicted octanol–water partition coefficient (Wildman–Crippen LogP) is 4.63. The highest BCUT2D eigenvalue weighted by Crippen LogP contribution is 2.61. The molecule has 4 nitrogen and oxygen atoms in total. The lowest BCUT2D eigenvalue weighted by Crippen LogP contribution is -2.46. The van der Waals surface area contributed by atoms with Gasteiger partial charge in [0, 0.05) is 0 Å². The normalized spacial score (nSPS) is 31.7. The van der Waals surface area contributed by atoms with Crippen LogP contribution in [0.1, 0.15) is 72.6 Å². The standard InChI is InChI=1S/C22H28O4/c1-2-25-20(23)18-5-3-4-6-19(18)21(24)26-8-7-22-12-15-9-16(13-22)11-17(10-15)14-22/h3-6,15-17H,2,7-14H2,1H3. The predicted molar refractivity (Wildman–Crippen MR) is 97.9 cm³/mol. The molecule has 0 aromatic heterocycles. The van der Waals surface area contributed by atoms with Crippen molar-refractivity contribution in [3.8, 4) is 0 Å². The Bertz CT molecular complexity index is 658. The minimum atomic E-state index is -0.471. The van der Waals surface area contributed by atoms with E-state index in [-0.39, 0.29) is 12.2 Å². The van der Waals surface area contributed by atoms with E-state index in [0.717, 1.165) is 24.2 Å². The van der Waals surface area contributed by atoms with Crippen molar-refractivity contribution < 1.29 is 19.1 Å². The van der Waals surface area contributed by atoms with E-state index in [4.69, 9.17) is 9.47 Å². The minimum absolute atomic E-state index is 0.286. The van der Waals surface area contributed by atoms with E-state index < -0.39 is 11.9 Å². The summed E-state index contributed by atoms with van der Waals surface area (Å²) in [5.41, 5.74) is 0.987. The fourth-order valence-corrected chi connectivity index (χ4v) is 6.08. The van der Waals surface area contributed by atoms with Gasteiger partial charge in [0.15, 0.2) is 0 Å². The van der Waals surface area contributed by atoms with Crippen LogP contribution in [0.2, 0.25) is 0 Å². The van der Waals surface area contributed by atoms with Gasteiger partial charge in [0.25, 0.3) is 0 Å². The van der Waals surface area contributed by atoms with Gasteiger partial charge in [-0.05, 0) is 87.2 Å². The molecule has 140 valence electrons.